The van der Waals surface area contributed by atoms with Crippen molar-refractivity contribution in [2.24, 2.45) is 11.7 Å². The number of ketones is 1. The van der Waals surface area contributed by atoms with Gasteiger partial charge in [-0.2, -0.15) is 0 Å². The number of hydrogen-bond donors (Lipinski definition) is 1. The van der Waals surface area contributed by atoms with Gasteiger partial charge >= 0.3 is 0 Å². The van der Waals surface area contributed by atoms with Gasteiger partial charge in [0.2, 0.25) is 0 Å². The van der Waals surface area contributed by atoms with Gasteiger partial charge in [-0.25, -0.2) is 0 Å². The molecule has 0 saturated carbocycles. The van der Waals surface area contributed by atoms with Crippen LogP contribution in [0, 0.1) is 5.92 Å². The molecule has 0 fully saturated rings. The van der Waals surface area contributed by atoms with Crippen molar-refractivity contribution in [1.82, 2.24) is 0 Å². The topological polar surface area (TPSA) is 43.1 Å². The van der Waals surface area contributed by atoms with Crippen LogP contribution in [-0.2, 0) is 4.79 Å². The molecule has 0 aromatic carbocycles. The van der Waals surface area contributed by atoms with Crippen LogP contribution in [0.25, 0.3) is 0 Å². The first-order valence-electron chi connectivity index (χ1n) is 4.09. The molecule has 0 aliphatic carbocycles. The van der Waals surface area contributed by atoms with Gasteiger partial charge in [0.1, 0.15) is 5.78 Å². The lowest BCUT2D eigenvalue weighted by Crippen LogP contribution is -2.22. The molecule has 0 heterocycles. The van der Waals surface area contributed by atoms with E-state index < -0.39 is 0 Å². The van der Waals surface area contributed by atoms with Crippen molar-refractivity contribution in [2.45, 2.75) is 26.2 Å². The van der Waals surface area contributed by atoms with E-state index in [9.17, 15) is 4.79 Å². The van der Waals surface area contributed by atoms with Gasteiger partial charge in [0, 0.05) is 18.9 Å². The van der Waals surface area contributed by atoms with Crippen LogP contribution in [0.5, 0.6) is 0 Å². The fraction of sp³-hybridized carbons (Fsp3) is 0.667. The minimum atomic E-state index is 0.0648. The van der Waals surface area contributed by atoms with E-state index >= 15 is 0 Å². The molecule has 2 N–H and O–H groups in total. The second-order valence-electron chi connectivity index (χ2n) is 2.63. The molecule has 0 aromatic heterocycles. The molecule has 0 radical (unpaired) electrons. The van der Waals surface area contributed by atoms with Crippen molar-refractivity contribution in [3.05, 3.63) is 12.7 Å². The van der Waals surface area contributed by atoms with Gasteiger partial charge in [-0.05, 0) is 12.8 Å². The summed E-state index contributed by atoms with van der Waals surface area (Å²) in [6, 6.07) is 0. The summed E-state index contributed by atoms with van der Waals surface area (Å²) in [6.45, 7) is 6.03. The van der Waals surface area contributed by atoms with E-state index in [1.807, 2.05) is 6.92 Å². The zero-order valence-electron chi connectivity index (χ0n) is 7.18. The van der Waals surface area contributed by atoms with E-state index in [2.05, 4.69) is 6.58 Å². The highest BCUT2D eigenvalue weighted by Gasteiger charge is 2.12. The highest BCUT2D eigenvalue weighted by molar-refractivity contribution is 5.81. The van der Waals surface area contributed by atoms with E-state index in [-0.39, 0.29) is 11.7 Å². The molecule has 2 heteroatoms. The molecular formula is C9H17NO. The number of hydrogen-bond acceptors (Lipinski definition) is 2. The summed E-state index contributed by atoms with van der Waals surface area (Å²) in [5.74, 6) is 0.338. The van der Waals surface area contributed by atoms with E-state index in [0.717, 1.165) is 12.8 Å². The van der Waals surface area contributed by atoms with Gasteiger partial charge in [0.05, 0.1) is 0 Å². The van der Waals surface area contributed by atoms with Crippen LogP contribution in [0.4, 0.5) is 0 Å². The zero-order chi connectivity index (χ0) is 8.69. The average Bonchev–Trinajstić information content (AvgIpc) is 2.03. The molecule has 2 nitrogen and oxygen atoms in total. The van der Waals surface area contributed by atoms with Crippen molar-refractivity contribution in [3.8, 4) is 0 Å². The molecular weight excluding hydrogens is 138 g/mol. The third-order valence-electron chi connectivity index (χ3n) is 1.83. The molecule has 0 aliphatic heterocycles. The van der Waals surface area contributed by atoms with Crippen molar-refractivity contribution in [1.29, 1.82) is 0 Å². The molecule has 1 atom stereocenters. The van der Waals surface area contributed by atoms with E-state index in [1.54, 1.807) is 6.08 Å². The number of nitrogens with two attached hydrogens (primary N) is 1. The Morgan fingerprint density at radius 3 is 2.73 bits per heavy atom. The SMILES string of the molecule is C=CCCC(=O)C(CC)CN. The van der Waals surface area contributed by atoms with Crippen LogP contribution in [0.15, 0.2) is 12.7 Å². The Morgan fingerprint density at radius 1 is 1.73 bits per heavy atom. The fourth-order valence-corrected chi connectivity index (χ4v) is 0.974. The standard InChI is InChI=1S/C9H17NO/c1-3-5-6-9(11)8(4-2)7-10/h3,8H,1,4-7,10H2,2H3. The summed E-state index contributed by atoms with van der Waals surface area (Å²) in [4.78, 5) is 11.2. The van der Waals surface area contributed by atoms with Crippen LogP contribution < -0.4 is 5.73 Å². The number of carbonyl (C=O) groups is 1. The Bertz CT molecular complexity index is 128. The Labute approximate surface area is 68.5 Å². The number of allylic oxidation sites excluding steroid dienone is 1. The van der Waals surface area contributed by atoms with Crippen LogP contribution in [0.2, 0.25) is 0 Å². The van der Waals surface area contributed by atoms with E-state index in [4.69, 9.17) is 5.73 Å². The maximum atomic E-state index is 11.2. The highest BCUT2D eigenvalue weighted by atomic mass is 16.1. The lowest BCUT2D eigenvalue weighted by atomic mass is 9.98. The van der Waals surface area contributed by atoms with Crippen LogP contribution in [0.1, 0.15) is 26.2 Å². The maximum absolute atomic E-state index is 11.2. The van der Waals surface area contributed by atoms with Crippen molar-refractivity contribution < 1.29 is 4.79 Å². The minimum absolute atomic E-state index is 0.0648. The quantitative estimate of drug-likeness (QED) is 0.591. The van der Waals surface area contributed by atoms with E-state index in [0.29, 0.717) is 13.0 Å². The molecule has 11 heavy (non-hydrogen) atoms. The first-order valence-corrected chi connectivity index (χ1v) is 4.09. The second-order valence-corrected chi connectivity index (χ2v) is 2.63. The van der Waals surface area contributed by atoms with Gasteiger partial charge in [0.25, 0.3) is 0 Å². The summed E-state index contributed by atoms with van der Waals surface area (Å²) in [7, 11) is 0. The summed E-state index contributed by atoms with van der Waals surface area (Å²) >= 11 is 0. The van der Waals surface area contributed by atoms with E-state index in [1.165, 1.54) is 0 Å². The molecule has 0 spiro atoms. The third kappa shape index (κ3) is 3.94. The van der Waals surface area contributed by atoms with Crippen molar-refractivity contribution in [2.75, 3.05) is 6.54 Å². The number of carbonyl (C=O) groups excluding carboxylic acids is 1. The largest absolute Gasteiger partial charge is 0.330 e. The average molecular weight is 155 g/mol. The van der Waals surface area contributed by atoms with Crippen LogP contribution in [-0.4, -0.2) is 12.3 Å². The minimum Gasteiger partial charge on any atom is -0.330 e. The molecule has 0 bridgehead atoms. The third-order valence-corrected chi connectivity index (χ3v) is 1.83. The van der Waals surface area contributed by atoms with Crippen molar-refractivity contribution >= 4 is 5.78 Å². The predicted molar refractivity (Wildman–Crippen MR) is 47.3 cm³/mol. The summed E-state index contributed by atoms with van der Waals surface area (Å²) < 4.78 is 0. The Hall–Kier alpha value is -0.630. The molecule has 0 aromatic rings. The van der Waals surface area contributed by atoms with Crippen LogP contribution >= 0.6 is 0 Å². The van der Waals surface area contributed by atoms with Gasteiger partial charge in [-0.1, -0.05) is 13.0 Å². The maximum Gasteiger partial charge on any atom is 0.137 e. The molecule has 0 rings (SSSR count). The Morgan fingerprint density at radius 2 is 2.36 bits per heavy atom. The molecule has 0 saturated heterocycles. The lowest BCUT2D eigenvalue weighted by molar-refractivity contribution is -0.122. The number of Topliss-reactive ketones (excluding diaryl/α,β-unsaturated/α-hetero) is 1. The first-order chi connectivity index (χ1) is 5.26. The fourth-order valence-electron chi connectivity index (χ4n) is 0.974. The summed E-state index contributed by atoms with van der Waals surface area (Å²) in [5.41, 5.74) is 5.41. The van der Waals surface area contributed by atoms with Gasteiger partial charge in [0.15, 0.2) is 0 Å². The highest BCUT2D eigenvalue weighted by Crippen LogP contribution is 2.06. The van der Waals surface area contributed by atoms with Gasteiger partial charge in [-0.15, -0.1) is 6.58 Å². The Kier molecular flexibility index (Phi) is 5.75. The van der Waals surface area contributed by atoms with Gasteiger partial charge in [-0.3, -0.25) is 4.79 Å². The Balaban J connectivity index is 3.69. The van der Waals surface area contributed by atoms with Gasteiger partial charge < -0.3 is 5.73 Å². The zero-order valence-corrected chi connectivity index (χ0v) is 7.18. The normalized spacial score (nSPS) is 12.5. The molecule has 1 unspecified atom stereocenters. The second kappa shape index (κ2) is 6.10. The molecule has 0 aliphatic rings. The van der Waals surface area contributed by atoms with Crippen LogP contribution in [0.3, 0.4) is 0 Å². The summed E-state index contributed by atoms with van der Waals surface area (Å²) in [6.07, 6.45) is 3.99. The summed E-state index contributed by atoms with van der Waals surface area (Å²) in [5, 5.41) is 0. The smallest absolute Gasteiger partial charge is 0.137 e. The lowest BCUT2D eigenvalue weighted by Gasteiger charge is -2.08. The first kappa shape index (κ1) is 10.4. The van der Waals surface area contributed by atoms with Crippen molar-refractivity contribution in [3.63, 3.8) is 0 Å². The molecule has 64 valence electrons. The monoisotopic (exact) mass is 155 g/mol. The predicted octanol–water partition coefficient (Wildman–Crippen LogP) is 1.51. The number of rotatable bonds is 6. The molecule has 0 amide bonds.